The van der Waals surface area contributed by atoms with Crippen LogP contribution in [0.3, 0.4) is 0 Å². The number of benzene rings is 2. The summed E-state index contributed by atoms with van der Waals surface area (Å²) in [6, 6.07) is 9.83. The van der Waals surface area contributed by atoms with Crippen LogP contribution >= 0.6 is 11.3 Å². The molecule has 0 spiro atoms. The van der Waals surface area contributed by atoms with Crippen LogP contribution in [-0.2, 0) is 10.0 Å². The molecule has 0 atom stereocenters. The number of methoxy groups -OCH3 is 1. The van der Waals surface area contributed by atoms with E-state index in [1.54, 1.807) is 0 Å². The van der Waals surface area contributed by atoms with Crippen LogP contribution in [0.4, 0.5) is 10.1 Å². The zero-order valence-corrected chi connectivity index (χ0v) is 21.1. The molecule has 2 N–H and O–H groups in total. The summed E-state index contributed by atoms with van der Waals surface area (Å²) in [6.45, 7) is 2.25. The van der Waals surface area contributed by atoms with Gasteiger partial charge in [0, 0.05) is 17.0 Å². The molecule has 3 aromatic rings. The average Bonchev–Trinajstić information content (AvgIpc) is 3.35. The van der Waals surface area contributed by atoms with Crippen molar-refractivity contribution in [1.29, 1.82) is 0 Å². The zero-order valence-electron chi connectivity index (χ0n) is 19.5. The van der Waals surface area contributed by atoms with Gasteiger partial charge in [-0.3, -0.25) is 4.72 Å². The number of hydrogen-bond acceptors (Lipinski definition) is 6. The maximum Gasteiger partial charge on any atom is 0.338 e. The summed E-state index contributed by atoms with van der Waals surface area (Å²) >= 11 is 1.19. The lowest BCUT2D eigenvalue weighted by atomic mass is 9.78. The smallest absolute Gasteiger partial charge is 0.338 e. The van der Waals surface area contributed by atoms with Crippen LogP contribution < -0.4 is 9.46 Å². The highest BCUT2D eigenvalue weighted by molar-refractivity contribution is 7.92. The highest BCUT2D eigenvalue weighted by atomic mass is 32.2. The van der Waals surface area contributed by atoms with Crippen molar-refractivity contribution in [1.82, 2.24) is 4.98 Å². The number of ether oxygens (including phenoxy) is 1. The summed E-state index contributed by atoms with van der Waals surface area (Å²) in [5.74, 6) is -1.30. The van der Waals surface area contributed by atoms with Crippen molar-refractivity contribution in [2.45, 2.75) is 50.0 Å². The SMILES string of the molecule is CC[C@H]1CC[C@H](c2ccc(-c3nc(S(=O)(=O)Nc4cc(F)c(C(=O)O)cc4OC)cs3)cc2)CC1. The average molecular weight is 519 g/mol. The number of rotatable bonds is 8. The number of nitrogens with one attached hydrogen (secondary N) is 1. The zero-order chi connectivity index (χ0) is 25.2. The monoisotopic (exact) mass is 518 g/mol. The second-order valence-electron chi connectivity index (χ2n) is 8.68. The number of aromatic carboxylic acids is 1. The molecule has 0 aliphatic heterocycles. The van der Waals surface area contributed by atoms with Gasteiger partial charge in [0.2, 0.25) is 0 Å². The van der Waals surface area contributed by atoms with Crippen LogP contribution in [0.1, 0.15) is 60.9 Å². The van der Waals surface area contributed by atoms with Crippen LogP contribution in [0.2, 0.25) is 0 Å². The van der Waals surface area contributed by atoms with Crippen LogP contribution in [0.5, 0.6) is 5.75 Å². The Kier molecular flexibility index (Phi) is 7.42. The molecular formula is C25H27FN2O5S2. The molecule has 1 aliphatic carbocycles. The Bertz CT molecular complexity index is 1310. The third kappa shape index (κ3) is 5.48. The molecule has 7 nitrogen and oxygen atoms in total. The summed E-state index contributed by atoms with van der Waals surface area (Å²) in [6.07, 6.45) is 6.15. The molecule has 0 bridgehead atoms. The van der Waals surface area contributed by atoms with E-state index in [0.29, 0.717) is 10.9 Å². The normalized spacial score (nSPS) is 18.3. The van der Waals surface area contributed by atoms with Gasteiger partial charge in [-0.15, -0.1) is 11.3 Å². The number of thiazole rings is 1. The first kappa shape index (κ1) is 25.1. The number of sulfonamides is 1. The molecule has 0 unspecified atom stereocenters. The van der Waals surface area contributed by atoms with Gasteiger partial charge in [-0.25, -0.2) is 14.2 Å². The maximum absolute atomic E-state index is 14.1. The Morgan fingerprint density at radius 1 is 1.20 bits per heavy atom. The summed E-state index contributed by atoms with van der Waals surface area (Å²) in [5, 5.41) is 10.8. The van der Waals surface area contributed by atoms with Gasteiger partial charge in [-0.05, 0) is 49.1 Å². The molecule has 1 aliphatic rings. The molecule has 35 heavy (non-hydrogen) atoms. The van der Waals surface area contributed by atoms with Crippen LogP contribution in [-0.4, -0.2) is 31.6 Å². The fraction of sp³-hybridized carbons (Fsp3) is 0.360. The molecule has 1 aromatic heterocycles. The minimum Gasteiger partial charge on any atom is -0.495 e. The van der Waals surface area contributed by atoms with E-state index < -0.39 is 27.4 Å². The lowest BCUT2D eigenvalue weighted by molar-refractivity contribution is 0.0691. The van der Waals surface area contributed by atoms with Gasteiger partial charge >= 0.3 is 5.97 Å². The van der Waals surface area contributed by atoms with Gasteiger partial charge in [-0.2, -0.15) is 8.42 Å². The third-order valence-electron chi connectivity index (χ3n) is 6.58. The molecule has 0 saturated heterocycles. The van der Waals surface area contributed by atoms with Crippen LogP contribution in [0.15, 0.2) is 46.8 Å². The largest absolute Gasteiger partial charge is 0.495 e. The standard InChI is InChI=1S/C25H27FN2O5S2/c1-3-15-4-6-16(7-5-15)17-8-10-18(11-9-17)24-27-23(14-34-24)35(31,32)28-21-13-20(26)19(25(29)30)12-22(21)33-2/h8-16,28H,3-7H2,1-2H3,(H,29,30)/t15-,16-. The predicted octanol–water partition coefficient (Wildman–Crippen LogP) is 6.14. The lowest BCUT2D eigenvalue weighted by Gasteiger charge is -2.28. The maximum atomic E-state index is 14.1. The number of anilines is 1. The topological polar surface area (TPSA) is 106 Å². The Morgan fingerprint density at radius 2 is 1.89 bits per heavy atom. The Balaban J connectivity index is 1.51. The van der Waals surface area contributed by atoms with Gasteiger partial charge in [0.15, 0.2) is 5.03 Å². The lowest BCUT2D eigenvalue weighted by Crippen LogP contribution is -2.15. The van der Waals surface area contributed by atoms with Crippen molar-refractivity contribution in [2.24, 2.45) is 5.92 Å². The van der Waals surface area contributed by atoms with E-state index in [4.69, 9.17) is 9.84 Å². The molecule has 10 heteroatoms. The molecule has 186 valence electrons. The van der Waals surface area contributed by atoms with E-state index in [0.717, 1.165) is 23.6 Å². The quantitative estimate of drug-likeness (QED) is 0.371. The highest BCUT2D eigenvalue weighted by Gasteiger charge is 2.24. The third-order valence-corrected chi connectivity index (χ3v) is 8.86. The molecule has 1 heterocycles. The van der Waals surface area contributed by atoms with Crippen LogP contribution in [0.25, 0.3) is 10.6 Å². The van der Waals surface area contributed by atoms with Crippen molar-refractivity contribution in [3.63, 3.8) is 0 Å². The van der Waals surface area contributed by atoms with E-state index in [1.165, 1.54) is 61.5 Å². The molecule has 4 rings (SSSR count). The summed E-state index contributed by atoms with van der Waals surface area (Å²) < 4.78 is 47.2. The van der Waals surface area contributed by atoms with Crippen molar-refractivity contribution < 1.29 is 27.4 Å². The van der Waals surface area contributed by atoms with Gasteiger partial charge in [0.05, 0.1) is 18.4 Å². The number of nitrogens with zero attached hydrogens (tertiary/aromatic N) is 1. The van der Waals surface area contributed by atoms with Gasteiger partial charge in [0.25, 0.3) is 10.0 Å². The first-order valence-corrected chi connectivity index (χ1v) is 13.8. The van der Waals surface area contributed by atoms with Gasteiger partial charge in [0.1, 0.15) is 16.6 Å². The Morgan fingerprint density at radius 3 is 2.49 bits per heavy atom. The molecule has 1 fully saturated rings. The fourth-order valence-electron chi connectivity index (χ4n) is 4.48. The minimum atomic E-state index is -4.16. The van der Waals surface area contributed by atoms with E-state index >= 15 is 0 Å². The number of carboxylic acids is 1. The first-order valence-electron chi connectivity index (χ1n) is 11.4. The van der Waals surface area contributed by atoms with E-state index in [9.17, 15) is 17.6 Å². The van der Waals surface area contributed by atoms with E-state index in [1.807, 2.05) is 12.1 Å². The van der Waals surface area contributed by atoms with Crippen molar-refractivity contribution >= 4 is 33.0 Å². The molecule has 0 amide bonds. The number of carbonyl (C=O) groups is 1. The molecule has 1 saturated carbocycles. The number of aromatic nitrogens is 1. The van der Waals surface area contributed by atoms with Crippen molar-refractivity contribution in [3.05, 3.63) is 58.7 Å². The summed E-state index contributed by atoms with van der Waals surface area (Å²) in [7, 11) is -2.93. The minimum absolute atomic E-state index is 0.119. The predicted molar refractivity (Wildman–Crippen MR) is 133 cm³/mol. The van der Waals surface area contributed by atoms with Gasteiger partial charge < -0.3 is 9.84 Å². The molecular weight excluding hydrogens is 491 g/mol. The summed E-state index contributed by atoms with van der Waals surface area (Å²) in [4.78, 5) is 15.4. The molecule has 0 radical (unpaired) electrons. The molecule has 2 aromatic carbocycles. The number of halogens is 1. The Hall–Kier alpha value is -2.98. The Labute approximate surface area is 208 Å². The van der Waals surface area contributed by atoms with Crippen molar-refractivity contribution in [2.75, 3.05) is 11.8 Å². The highest BCUT2D eigenvalue weighted by Crippen LogP contribution is 2.38. The van der Waals surface area contributed by atoms with Crippen molar-refractivity contribution in [3.8, 4) is 16.3 Å². The fourth-order valence-corrected chi connectivity index (χ4v) is 6.64. The van der Waals surface area contributed by atoms with Gasteiger partial charge in [-0.1, -0.05) is 37.6 Å². The number of hydrogen-bond donors (Lipinski definition) is 2. The first-order chi connectivity index (χ1) is 16.7. The van der Waals surface area contributed by atoms with E-state index in [-0.39, 0.29) is 16.5 Å². The second-order valence-corrected chi connectivity index (χ2v) is 11.2. The van der Waals surface area contributed by atoms with E-state index in [2.05, 4.69) is 28.8 Å². The number of carboxylic acid groups (broad SMARTS) is 1. The summed E-state index contributed by atoms with van der Waals surface area (Å²) in [5.41, 5.74) is 1.28. The second kappa shape index (κ2) is 10.3. The van der Waals surface area contributed by atoms with Crippen LogP contribution in [0, 0.1) is 11.7 Å².